The van der Waals surface area contributed by atoms with E-state index in [9.17, 15) is 13.2 Å². The van der Waals surface area contributed by atoms with Gasteiger partial charge in [0, 0.05) is 25.1 Å². The number of carbonyl (C=O) groups is 1. The fourth-order valence-corrected chi connectivity index (χ4v) is 3.86. The average molecular weight is 405 g/mol. The molecular weight excluding hydrogens is 376 g/mol. The van der Waals surface area contributed by atoms with Crippen LogP contribution in [0, 0.1) is 0 Å². The molecule has 0 fully saturated rings. The summed E-state index contributed by atoms with van der Waals surface area (Å²) in [5.74, 6) is 0.599. The molecule has 28 heavy (non-hydrogen) atoms. The van der Waals surface area contributed by atoms with E-state index in [1.54, 1.807) is 7.11 Å². The third-order valence-corrected chi connectivity index (χ3v) is 5.66. The molecule has 152 valence electrons. The SMILES string of the molecule is CCc1ccc(N(CCCC(=O)NCc2ccccc2OC)S(C)(=O)=O)cc1. The van der Waals surface area contributed by atoms with Crippen LogP contribution >= 0.6 is 0 Å². The molecule has 0 aliphatic rings. The van der Waals surface area contributed by atoms with Crippen molar-refractivity contribution in [3.63, 3.8) is 0 Å². The molecule has 1 amide bonds. The van der Waals surface area contributed by atoms with Gasteiger partial charge in [0.1, 0.15) is 5.75 Å². The van der Waals surface area contributed by atoms with E-state index >= 15 is 0 Å². The van der Waals surface area contributed by atoms with Crippen molar-refractivity contribution in [2.75, 3.05) is 24.2 Å². The van der Waals surface area contributed by atoms with Gasteiger partial charge in [-0.15, -0.1) is 0 Å². The summed E-state index contributed by atoms with van der Waals surface area (Å²) in [4.78, 5) is 12.1. The zero-order chi connectivity index (χ0) is 20.6. The lowest BCUT2D eigenvalue weighted by atomic mass is 10.1. The van der Waals surface area contributed by atoms with Crippen molar-refractivity contribution in [1.29, 1.82) is 0 Å². The smallest absolute Gasteiger partial charge is 0.232 e. The third kappa shape index (κ3) is 6.27. The van der Waals surface area contributed by atoms with E-state index in [0.717, 1.165) is 23.3 Å². The van der Waals surface area contributed by atoms with E-state index in [1.165, 1.54) is 10.6 Å². The summed E-state index contributed by atoms with van der Waals surface area (Å²) in [6, 6.07) is 15.0. The number of para-hydroxylation sites is 1. The van der Waals surface area contributed by atoms with Gasteiger partial charge < -0.3 is 10.1 Å². The fourth-order valence-electron chi connectivity index (χ4n) is 2.90. The normalized spacial score (nSPS) is 11.1. The van der Waals surface area contributed by atoms with E-state index in [-0.39, 0.29) is 18.9 Å². The monoisotopic (exact) mass is 404 g/mol. The average Bonchev–Trinajstić information content (AvgIpc) is 2.69. The van der Waals surface area contributed by atoms with Crippen LogP contribution in [0.1, 0.15) is 30.9 Å². The highest BCUT2D eigenvalue weighted by atomic mass is 32.2. The van der Waals surface area contributed by atoms with Crippen molar-refractivity contribution < 1.29 is 17.9 Å². The summed E-state index contributed by atoms with van der Waals surface area (Å²) < 4.78 is 30.9. The van der Waals surface area contributed by atoms with Crippen LogP contribution in [0.2, 0.25) is 0 Å². The Balaban J connectivity index is 1.90. The maximum atomic E-state index is 12.2. The number of amides is 1. The Morgan fingerprint density at radius 2 is 1.79 bits per heavy atom. The molecule has 0 saturated heterocycles. The number of hydrogen-bond donors (Lipinski definition) is 1. The Bertz CT molecular complexity index is 880. The van der Waals surface area contributed by atoms with E-state index in [4.69, 9.17) is 4.74 Å². The number of carbonyl (C=O) groups excluding carboxylic acids is 1. The molecule has 6 nitrogen and oxygen atoms in total. The minimum absolute atomic E-state index is 0.124. The lowest BCUT2D eigenvalue weighted by Gasteiger charge is -2.22. The van der Waals surface area contributed by atoms with Gasteiger partial charge in [-0.25, -0.2) is 8.42 Å². The van der Waals surface area contributed by atoms with Crippen molar-refractivity contribution in [1.82, 2.24) is 5.32 Å². The number of anilines is 1. The topological polar surface area (TPSA) is 75.7 Å². The van der Waals surface area contributed by atoms with E-state index in [1.807, 2.05) is 55.5 Å². The van der Waals surface area contributed by atoms with Crippen molar-refractivity contribution in [2.45, 2.75) is 32.7 Å². The number of nitrogens with zero attached hydrogens (tertiary/aromatic N) is 1. The number of methoxy groups -OCH3 is 1. The first-order valence-corrected chi connectivity index (χ1v) is 11.1. The third-order valence-electron chi connectivity index (χ3n) is 4.47. The van der Waals surface area contributed by atoms with Crippen LogP contribution in [0.3, 0.4) is 0 Å². The highest BCUT2D eigenvalue weighted by Crippen LogP contribution is 2.20. The molecular formula is C21H28N2O4S. The van der Waals surface area contributed by atoms with Gasteiger partial charge in [-0.05, 0) is 36.6 Å². The van der Waals surface area contributed by atoms with Gasteiger partial charge in [0.05, 0.1) is 19.1 Å². The van der Waals surface area contributed by atoms with Crippen LogP contribution in [-0.2, 0) is 27.8 Å². The Morgan fingerprint density at radius 1 is 1.11 bits per heavy atom. The lowest BCUT2D eigenvalue weighted by Crippen LogP contribution is -2.32. The zero-order valence-electron chi connectivity index (χ0n) is 16.6. The Morgan fingerprint density at radius 3 is 2.39 bits per heavy atom. The van der Waals surface area contributed by atoms with Gasteiger partial charge in [-0.3, -0.25) is 9.10 Å². The summed E-state index contributed by atoms with van der Waals surface area (Å²) in [6.45, 7) is 2.68. The van der Waals surface area contributed by atoms with E-state index in [0.29, 0.717) is 18.7 Å². The first-order valence-electron chi connectivity index (χ1n) is 9.30. The fraction of sp³-hybridized carbons (Fsp3) is 0.381. The van der Waals surface area contributed by atoms with Crippen LogP contribution in [0.5, 0.6) is 5.75 Å². The molecule has 0 atom stereocenters. The molecule has 7 heteroatoms. The zero-order valence-corrected chi connectivity index (χ0v) is 17.5. The predicted octanol–water partition coefficient (Wildman–Crippen LogP) is 3.12. The molecule has 1 N–H and O–H groups in total. The summed E-state index contributed by atoms with van der Waals surface area (Å²) in [5.41, 5.74) is 2.66. The number of aryl methyl sites for hydroxylation is 1. The second-order valence-electron chi connectivity index (χ2n) is 6.55. The summed E-state index contributed by atoms with van der Waals surface area (Å²) in [6.07, 6.45) is 2.75. The molecule has 0 aromatic heterocycles. The largest absolute Gasteiger partial charge is 0.496 e. The first-order chi connectivity index (χ1) is 13.3. The molecule has 0 radical (unpaired) electrons. The van der Waals surface area contributed by atoms with Gasteiger partial charge in [0.25, 0.3) is 0 Å². The van der Waals surface area contributed by atoms with Gasteiger partial charge in [0.15, 0.2) is 0 Å². The molecule has 0 heterocycles. The van der Waals surface area contributed by atoms with Crippen molar-refractivity contribution in [2.24, 2.45) is 0 Å². The number of sulfonamides is 1. The summed E-state index contributed by atoms with van der Waals surface area (Å²) in [7, 11) is -1.82. The van der Waals surface area contributed by atoms with Gasteiger partial charge in [-0.1, -0.05) is 37.3 Å². The van der Waals surface area contributed by atoms with E-state index in [2.05, 4.69) is 5.32 Å². The highest BCUT2D eigenvalue weighted by molar-refractivity contribution is 7.92. The maximum Gasteiger partial charge on any atom is 0.232 e. The number of ether oxygens (including phenoxy) is 1. The standard InChI is InChI=1S/C21H28N2O4S/c1-4-17-11-13-19(14-12-17)23(28(3,25)26)15-7-10-21(24)22-16-18-8-5-6-9-20(18)27-2/h5-6,8-9,11-14H,4,7,10,15-16H2,1-3H3,(H,22,24). The van der Waals surface area contributed by atoms with Crippen LogP contribution in [0.25, 0.3) is 0 Å². The minimum Gasteiger partial charge on any atom is -0.496 e. The van der Waals surface area contributed by atoms with Crippen molar-refractivity contribution in [3.05, 3.63) is 59.7 Å². The Labute approximate surface area is 167 Å². The van der Waals surface area contributed by atoms with Crippen LogP contribution in [-0.4, -0.2) is 34.2 Å². The van der Waals surface area contributed by atoms with Gasteiger partial charge >= 0.3 is 0 Å². The van der Waals surface area contributed by atoms with Crippen molar-refractivity contribution >= 4 is 21.6 Å². The number of benzene rings is 2. The summed E-state index contributed by atoms with van der Waals surface area (Å²) >= 11 is 0. The molecule has 0 aliphatic heterocycles. The van der Waals surface area contributed by atoms with Crippen molar-refractivity contribution in [3.8, 4) is 5.75 Å². The number of hydrogen-bond acceptors (Lipinski definition) is 4. The van der Waals surface area contributed by atoms with Crippen LogP contribution < -0.4 is 14.4 Å². The summed E-state index contributed by atoms with van der Waals surface area (Å²) in [5, 5.41) is 2.85. The minimum atomic E-state index is -3.41. The Kier molecular flexibility index (Phi) is 7.87. The molecule has 2 aromatic carbocycles. The molecule has 2 rings (SSSR count). The number of nitrogens with one attached hydrogen (secondary N) is 1. The Hall–Kier alpha value is -2.54. The van der Waals surface area contributed by atoms with Crippen LogP contribution in [0.15, 0.2) is 48.5 Å². The molecule has 0 unspecified atom stereocenters. The van der Waals surface area contributed by atoms with Gasteiger partial charge in [-0.2, -0.15) is 0 Å². The van der Waals surface area contributed by atoms with Crippen LogP contribution in [0.4, 0.5) is 5.69 Å². The second-order valence-corrected chi connectivity index (χ2v) is 8.45. The molecule has 0 bridgehead atoms. The predicted molar refractivity (Wildman–Crippen MR) is 112 cm³/mol. The van der Waals surface area contributed by atoms with E-state index < -0.39 is 10.0 Å². The molecule has 0 spiro atoms. The van der Waals surface area contributed by atoms with Gasteiger partial charge in [0.2, 0.25) is 15.9 Å². The second kappa shape index (κ2) is 10.1. The lowest BCUT2D eigenvalue weighted by molar-refractivity contribution is -0.121. The quantitative estimate of drug-likeness (QED) is 0.660. The highest BCUT2D eigenvalue weighted by Gasteiger charge is 2.17. The maximum absolute atomic E-state index is 12.2. The number of rotatable bonds is 10. The molecule has 0 saturated carbocycles. The first kappa shape index (κ1) is 21.8. The molecule has 2 aromatic rings. The molecule has 0 aliphatic carbocycles.